The Kier molecular flexibility index (Phi) is 3.94. The summed E-state index contributed by atoms with van der Waals surface area (Å²) in [7, 11) is 0. The first-order valence-electron chi connectivity index (χ1n) is 4.40. The third-order valence-corrected chi connectivity index (χ3v) is 1.61. The molecule has 14 heavy (non-hydrogen) atoms. The Morgan fingerprint density at radius 1 is 1.79 bits per heavy atom. The number of aliphatic hydroxyl groups is 1. The van der Waals surface area contributed by atoms with E-state index >= 15 is 0 Å². The maximum atomic E-state index is 11.0. The van der Waals surface area contributed by atoms with Gasteiger partial charge in [-0.15, -0.1) is 0 Å². The van der Waals surface area contributed by atoms with Crippen molar-refractivity contribution in [1.82, 2.24) is 4.98 Å². The summed E-state index contributed by atoms with van der Waals surface area (Å²) in [6, 6.07) is 3.66. The van der Waals surface area contributed by atoms with Gasteiger partial charge in [0.25, 0.3) is 0 Å². The van der Waals surface area contributed by atoms with E-state index in [-0.39, 0.29) is 6.61 Å². The molecule has 4 heteroatoms. The quantitative estimate of drug-likeness (QED) is 0.703. The van der Waals surface area contributed by atoms with Crippen LogP contribution in [0.15, 0.2) is 24.4 Å². The van der Waals surface area contributed by atoms with E-state index in [0.717, 1.165) is 5.69 Å². The summed E-state index contributed by atoms with van der Waals surface area (Å²) in [5.41, 5.74) is 0.827. The molecule has 1 rings (SSSR count). The van der Waals surface area contributed by atoms with Crippen molar-refractivity contribution < 1.29 is 14.6 Å². The molecule has 0 radical (unpaired) electrons. The van der Waals surface area contributed by atoms with E-state index in [2.05, 4.69) is 9.72 Å². The fourth-order valence-electron chi connectivity index (χ4n) is 0.949. The van der Waals surface area contributed by atoms with Gasteiger partial charge in [-0.3, -0.25) is 0 Å². The number of ether oxygens (including phenoxy) is 1. The van der Waals surface area contributed by atoms with Crippen LogP contribution in [0.3, 0.4) is 0 Å². The zero-order chi connectivity index (χ0) is 10.4. The molecule has 0 aromatic carbocycles. The van der Waals surface area contributed by atoms with Crippen LogP contribution in [0.2, 0.25) is 0 Å². The van der Waals surface area contributed by atoms with Gasteiger partial charge in [0.15, 0.2) is 6.10 Å². The van der Waals surface area contributed by atoms with Crippen molar-refractivity contribution in [3.05, 3.63) is 30.1 Å². The van der Waals surface area contributed by atoms with E-state index in [1.807, 2.05) is 12.1 Å². The number of carbonyl (C=O) groups excluding carboxylic acids is 1. The van der Waals surface area contributed by atoms with Crippen LogP contribution in [0, 0.1) is 0 Å². The number of esters is 1. The van der Waals surface area contributed by atoms with Gasteiger partial charge in [-0.2, -0.15) is 0 Å². The fraction of sp³-hybridized carbons (Fsp3) is 0.300. The lowest BCUT2D eigenvalue weighted by atomic mass is 10.3. The zero-order valence-corrected chi connectivity index (χ0v) is 7.93. The molecule has 0 bridgehead atoms. The third kappa shape index (κ3) is 3.06. The molecular weight excluding hydrogens is 182 g/mol. The number of carbonyl (C=O) groups is 1. The van der Waals surface area contributed by atoms with Gasteiger partial charge in [0.1, 0.15) is 0 Å². The van der Waals surface area contributed by atoms with Crippen molar-refractivity contribution >= 4 is 12.0 Å². The first-order valence-corrected chi connectivity index (χ1v) is 4.40. The smallest absolute Gasteiger partial charge is 0.339 e. The van der Waals surface area contributed by atoms with Crippen LogP contribution in [0.25, 0.3) is 6.08 Å². The number of H-pyrrole nitrogens is 1. The maximum Gasteiger partial charge on any atom is 0.339 e. The molecule has 76 valence electrons. The molecule has 0 amide bonds. The Labute approximate surface area is 82.2 Å². The predicted octanol–water partition coefficient (Wildman–Crippen LogP) is 0.952. The minimum Gasteiger partial charge on any atom is -0.464 e. The molecule has 0 saturated heterocycles. The maximum absolute atomic E-state index is 11.0. The van der Waals surface area contributed by atoms with Gasteiger partial charge < -0.3 is 14.8 Å². The number of aliphatic hydroxyl groups excluding tert-OH is 1. The molecule has 0 unspecified atom stereocenters. The highest BCUT2D eigenvalue weighted by Gasteiger charge is 2.11. The van der Waals surface area contributed by atoms with Gasteiger partial charge >= 0.3 is 5.97 Å². The van der Waals surface area contributed by atoms with Crippen molar-refractivity contribution in [2.45, 2.75) is 13.0 Å². The van der Waals surface area contributed by atoms with Gasteiger partial charge in [0.05, 0.1) is 6.61 Å². The standard InChI is InChI=1S/C10H13NO3/c1-2-14-10(13)9(12)6-5-8-4-3-7-11-8/h3-7,9,11-12H,2H2,1H3/b6-5+/t9-/m0/s1. The highest BCUT2D eigenvalue weighted by Crippen LogP contribution is 2.00. The summed E-state index contributed by atoms with van der Waals surface area (Å²) in [5.74, 6) is -0.629. The lowest BCUT2D eigenvalue weighted by Crippen LogP contribution is -2.20. The zero-order valence-electron chi connectivity index (χ0n) is 7.93. The molecule has 1 aromatic rings. The molecule has 0 aliphatic rings. The summed E-state index contributed by atoms with van der Waals surface area (Å²) in [6.07, 6.45) is 3.57. The average Bonchev–Trinajstić information content (AvgIpc) is 2.67. The molecule has 2 N–H and O–H groups in total. The average molecular weight is 195 g/mol. The molecular formula is C10H13NO3. The lowest BCUT2D eigenvalue weighted by molar-refractivity contribution is -0.150. The molecule has 1 heterocycles. The topological polar surface area (TPSA) is 62.3 Å². The summed E-state index contributed by atoms with van der Waals surface area (Å²) < 4.78 is 4.62. The van der Waals surface area contributed by atoms with Crippen LogP contribution in [0.5, 0.6) is 0 Å². The van der Waals surface area contributed by atoms with Crippen molar-refractivity contribution in [2.24, 2.45) is 0 Å². The number of hydrogen-bond donors (Lipinski definition) is 2. The van der Waals surface area contributed by atoms with Crippen LogP contribution in [-0.4, -0.2) is 28.8 Å². The molecule has 0 aliphatic carbocycles. The highest BCUT2D eigenvalue weighted by molar-refractivity contribution is 5.77. The van der Waals surface area contributed by atoms with E-state index in [0.29, 0.717) is 0 Å². The van der Waals surface area contributed by atoms with Gasteiger partial charge in [0.2, 0.25) is 0 Å². The SMILES string of the molecule is CCOC(=O)[C@@H](O)/C=C/c1ccc[nH]1. The summed E-state index contributed by atoms with van der Waals surface area (Å²) in [4.78, 5) is 13.9. The number of nitrogens with one attached hydrogen (secondary N) is 1. The van der Waals surface area contributed by atoms with Crippen LogP contribution in [-0.2, 0) is 9.53 Å². The van der Waals surface area contributed by atoms with Crippen LogP contribution < -0.4 is 0 Å². The molecule has 0 spiro atoms. The Morgan fingerprint density at radius 3 is 3.14 bits per heavy atom. The first kappa shape index (κ1) is 10.5. The fourth-order valence-corrected chi connectivity index (χ4v) is 0.949. The van der Waals surface area contributed by atoms with Crippen molar-refractivity contribution in [2.75, 3.05) is 6.61 Å². The minimum atomic E-state index is -1.20. The number of rotatable bonds is 4. The third-order valence-electron chi connectivity index (χ3n) is 1.61. The normalized spacial score (nSPS) is 13.0. The summed E-state index contributed by atoms with van der Waals surface area (Å²) >= 11 is 0. The second-order valence-electron chi connectivity index (χ2n) is 2.68. The van der Waals surface area contributed by atoms with E-state index in [1.54, 1.807) is 19.2 Å². The largest absolute Gasteiger partial charge is 0.464 e. The number of aromatic nitrogens is 1. The van der Waals surface area contributed by atoms with Crippen molar-refractivity contribution in [1.29, 1.82) is 0 Å². The molecule has 1 aromatic heterocycles. The van der Waals surface area contributed by atoms with Gasteiger partial charge in [-0.25, -0.2) is 4.79 Å². The molecule has 0 saturated carbocycles. The summed E-state index contributed by atoms with van der Waals surface area (Å²) in [5, 5.41) is 9.27. The van der Waals surface area contributed by atoms with E-state index in [4.69, 9.17) is 0 Å². The van der Waals surface area contributed by atoms with E-state index in [9.17, 15) is 9.90 Å². The van der Waals surface area contributed by atoms with Gasteiger partial charge in [-0.05, 0) is 31.2 Å². The minimum absolute atomic E-state index is 0.270. The number of hydrogen-bond acceptors (Lipinski definition) is 3. The Hall–Kier alpha value is -1.55. The second-order valence-corrected chi connectivity index (χ2v) is 2.68. The first-order chi connectivity index (χ1) is 6.74. The summed E-state index contributed by atoms with van der Waals surface area (Å²) in [6.45, 7) is 1.96. The van der Waals surface area contributed by atoms with Gasteiger partial charge in [-0.1, -0.05) is 0 Å². The second kappa shape index (κ2) is 5.24. The molecule has 1 atom stereocenters. The van der Waals surface area contributed by atoms with E-state index < -0.39 is 12.1 Å². The lowest BCUT2D eigenvalue weighted by Gasteiger charge is -2.03. The molecule has 4 nitrogen and oxygen atoms in total. The van der Waals surface area contributed by atoms with Crippen LogP contribution in [0.1, 0.15) is 12.6 Å². The predicted molar refractivity (Wildman–Crippen MR) is 52.5 cm³/mol. The van der Waals surface area contributed by atoms with E-state index in [1.165, 1.54) is 6.08 Å². The Bertz CT molecular complexity index is 303. The molecule has 0 aliphatic heterocycles. The number of aromatic amines is 1. The Morgan fingerprint density at radius 2 is 2.57 bits per heavy atom. The van der Waals surface area contributed by atoms with Gasteiger partial charge in [0, 0.05) is 11.9 Å². The van der Waals surface area contributed by atoms with Crippen molar-refractivity contribution in [3.8, 4) is 0 Å². The monoisotopic (exact) mass is 195 g/mol. The van der Waals surface area contributed by atoms with Crippen LogP contribution in [0.4, 0.5) is 0 Å². The Balaban J connectivity index is 2.47. The molecule has 0 fully saturated rings. The highest BCUT2D eigenvalue weighted by atomic mass is 16.5. The van der Waals surface area contributed by atoms with Crippen LogP contribution >= 0.6 is 0 Å². The van der Waals surface area contributed by atoms with Crippen molar-refractivity contribution in [3.63, 3.8) is 0 Å².